The van der Waals surface area contributed by atoms with Crippen LogP contribution in [0, 0.1) is 0 Å². The maximum Gasteiger partial charge on any atom is 0.175 e. The molecule has 4 heterocycles. The molecule has 0 spiro atoms. The molecule has 4 rings (SSSR count). The summed E-state index contributed by atoms with van der Waals surface area (Å²) in [5.41, 5.74) is 5.46. The molecule has 0 aromatic carbocycles. The van der Waals surface area contributed by atoms with Crippen LogP contribution in [-0.2, 0) is 15.2 Å². The van der Waals surface area contributed by atoms with Crippen LogP contribution in [0.25, 0.3) is 11.2 Å². The first-order valence-electron chi connectivity index (χ1n) is 7.82. The molecular formula is C14H20N6O4. The zero-order valence-corrected chi connectivity index (χ0v) is 13.2. The molecule has 0 bridgehead atoms. The predicted molar refractivity (Wildman–Crippen MR) is 82.7 cm³/mol. The Bertz CT molecular complexity index is 748. The molecule has 2 aliphatic heterocycles. The molecule has 24 heavy (non-hydrogen) atoms. The second kappa shape index (κ2) is 5.60. The Kier molecular flexibility index (Phi) is 3.66. The number of imidazole rings is 1. The lowest BCUT2D eigenvalue weighted by Crippen LogP contribution is -2.49. The van der Waals surface area contributed by atoms with Crippen molar-refractivity contribution in [3.63, 3.8) is 0 Å². The topological polar surface area (TPSA) is 132 Å². The van der Waals surface area contributed by atoms with Crippen molar-refractivity contribution < 1.29 is 19.7 Å². The van der Waals surface area contributed by atoms with Gasteiger partial charge in [-0.2, -0.15) is 0 Å². The van der Waals surface area contributed by atoms with Gasteiger partial charge in [-0.1, -0.05) is 0 Å². The maximum absolute atomic E-state index is 10.7. The molecule has 2 saturated heterocycles. The Labute approximate surface area is 137 Å². The monoisotopic (exact) mass is 336 g/mol. The summed E-state index contributed by atoms with van der Waals surface area (Å²) >= 11 is 0. The molecule has 10 nitrogen and oxygen atoms in total. The summed E-state index contributed by atoms with van der Waals surface area (Å²) in [6, 6.07) is 0. The smallest absolute Gasteiger partial charge is 0.175 e. The van der Waals surface area contributed by atoms with E-state index < -0.39 is 24.2 Å². The summed E-state index contributed by atoms with van der Waals surface area (Å²) in [5, 5.41) is 21.2. The van der Waals surface area contributed by atoms with Crippen LogP contribution in [0.15, 0.2) is 12.7 Å². The van der Waals surface area contributed by atoms with E-state index in [0.29, 0.717) is 37.5 Å². The number of rotatable bonds is 2. The Morgan fingerprint density at radius 1 is 1.25 bits per heavy atom. The van der Waals surface area contributed by atoms with Gasteiger partial charge in [-0.05, 0) is 6.92 Å². The van der Waals surface area contributed by atoms with Gasteiger partial charge < -0.3 is 25.4 Å². The van der Waals surface area contributed by atoms with Crippen molar-refractivity contribution in [2.24, 2.45) is 0 Å². The largest absolute Gasteiger partial charge is 0.386 e. The normalized spacial score (nSPS) is 34.9. The average Bonchev–Trinajstić information content (AvgIpc) is 3.13. The Morgan fingerprint density at radius 3 is 2.75 bits per heavy atom. The molecule has 0 saturated carbocycles. The van der Waals surface area contributed by atoms with Crippen molar-refractivity contribution in [1.29, 1.82) is 0 Å². The van der Waals surface area contributed by atoms with Crippen LogP contribution in [-0.4, -0.2) is 79.4 Å². The molecule has 0 amide bonds. The second-order valence-electron chi connectivity index (χ2n) is 6.19. The summed E-state index contributed by atoms with van der Waals surface area (Å²) in [4.78, 5) is 14.3. The number of aromatic nitrogens is 4. The molecule has 2 aromatic rings. The molecule has 0 aliphatic carbocycles. The number of nitrogens with two attached hydrogens (primary N) is 1. The molecule has 130 valence electrons. The summed E-state index contributed by atoms with van der Waals surface area (Å²) in [6.45, 7) is 4.09. The standard InChI is InChI=1S/C14H20N6O4/c1-14(20-7-18-8-11(15)16-6-17-12(8)20)10(22)9(21)13(24-14)19-2-4-23-5-3-19/h6-7,9-10,13,21-22H,2-5H2,1H3,(H2,15,16,17). The summed E-state index contributed by atoms with van der Waals surface area (Å²) in [6.07, 6.45) is -0.0294. The predicted octanol–water partition coefficient (Wildman–Crippen LogP) is -1.51. The maximum atomic E-state index is 10.7. The fourth-order valence-electron chi connectivity index (χ4n) is 3.36. The van der Waals surface area contributed by atoms with Gasteiger partial charge in [0.25, 0.3) is 0 Å². The van der Waals surface area contributed by atoms with E-state index in [9.17, 15) is 10.2 Å². The second-order valence-corrected chi connectivity index (χ2v) is 6.19. The average molecular weight is 336 g/mol. The summed E-state index contributed by atoms with van der Waals surface area (Å²) in [5.74, 6) is 0.250. The van der Waals surface area contributed by atoms with Crippen LogP contribution >= 0.6 is 0 Å². The zero-order chi connectivity index (χ0) is 16.9. The molecule has 4 atom stereocenters. The van der Waals surface area contributed by atoms with Crippen molar-refractivity contribution in [3.05, 3.63) is 12.7 Å². The minimum atomic E-state index is -1.22. The first-order chi connectivity index (χ1) is 11.5. The number of hydrogen-bond acceptors (Lipinski definition) is 9. The Morgan fingerprint density at radius 2 is 2.00 bits per heavy atom. The van der Waals surface area contributed by atoms with E-state index in [2.05, 4.69) is 15.0 Å². The molecular weight excluding hydrogens is 316 g/mol. The van der Waals surface area contributed by atoms with Gasteiger partial charge in [-0.25, -0.2) is 15.0 Å². The van der Waals surface area contributed by atoms with E-state index in [1.54, 1.807) is 11.5 Å². The third-order valence-electron chi connectivity index (χ3n) is 4.77. The van der Waals surface area contributed by atoms with Gasteiger partial charge >= 0.3 is 0 Å². The number of hydrogen-bond donors (Lipinski definition) is 3. The fraction of sp³-hybridized carbons (Fsp3) is 0.643. The van der Waals surface area contributed by atoms with E-state index in [4.69, 9.17) is 15.2 Å². The fourth-order valence-corrected chi connectivity index (χ4v) is 3.36. The number of fused-ring (bicyclic) bond motifs is 1. The lowest BCUT2D eigenvalue weighted by atomic mass is 10.1. The van der Waals surface area contributed by atoms with E-state index in [1.165, 1.54) is 12.7 Å². The highest BCUT2D eigenvalue weighted by molar-refractivity contribution is 5.81. The Hall–Kier alpha value is -1.85. The SMILES string of the molecule is CC1(n2cnc3c(N)ncnc32)OC(N2CCOCC2)C(O)C1O. The van der Waals surface area contributed by atoms with Crippen molar-refractivity contribution in [2.75, 3.05) is 32.0 Å². The molecule has 4 unspecified atom stereocenters. The van der Waals surface area contributed by atoms with Gasteiger partial charge in [0, 0.05) is 13.1 Å². The van der Waals surface area contributed by atoms with Crippen molar-refractivity contribution in [2.45, 2.75) is 31.1 Å². The first-order valence-corrected chi connectivity index (χ1v) is 7.82. The first kappa shape index (κ1) is 15.7. The van der Waals surface area contributed by atoms with Gasteiger partial charge in [-0.3, -0.25) is 9.47 Å². The van der Waals surface area contributed by atoms with Gasteiger partial charge in [0.2, 0.25) is 0 Å². The number of aliphatic hydroxyl groups excluding tert-OH is 2. The molecule has 2 aromatic heterocycles. The lowest BCUT2D eigenvalue weighted by Gasteiger charge is -2.34. The quantitative estimate of drug-likeness (QED) is 0.599. The number of nitrogens with zero attached hydrogens (tertiary/aromatic N) is 5. The summed E-state index contributed by atoms with van der Waals surface area (Å²) in [7, 11) is 0. The van der Waals surface area contributed by atoms with Crippen LogP contribution in [0.2, 0.25) is 0 Å². The molecule has 0 radical (unpaired) electrons. The van der Waals surface area contributed by atoms with Gasteiger partial charge in [0.1, 0.15) is 30.3 Å². The van der Waals surface area contributed by atoms with Crippen LogP contribution in [0.1, 0.15) is 6.92 Å². The highest BCUT2D eigenvalue weighted by Crippen LogP contribution is 2.38. The summed E-state index contributed by atoms with van der Waals surface area (Å²) < 4.78 is 13.0. The highest BCUT2D eigenvalue weighted by Gasteiger charge is 2.55. The Balaban J connectivity index is 1.72. The third kappa shape index (κ3) is 2.19. The van der Waals surface area contributed by atoms with E-state index >= 15 is 0 Å². The van der Waals surface area contributed by atoms with E-state index in [-0.39, 0.29) is 5.82 Å². The molecule has 2 fully saturated rings. The lowest BCUT2D eigenvalue weighted by molar-refractivity contribution is -0.173. The number of morpholine rings is 1. The van der Waals surface area contributed by atoms with Crippen molar-refractivity contribution in [1.82, 2.24) is 24.4 Å². The number of aliphatic hydroxyl groups is 2. The molecule has 10 heteroatoms. The van der Waals surface area contributed by atoms with Gasteiger partial charge in [0.15, 0.2) is 17.2 Å². The van der Waals surface area contributed by atoms with Crippen LogP contribution in [0.3, 0.4) is 0 Å². The van der Waals surface area contributed by atoms with Crippen molar-refractivity contribution >= 4 is 17.0 Å². The molecule has 4 N–H and O–H groups in total. The number of nitrogen functional groups attached to an aromatic ring is 1. The van der Waals surface area contributed by atoms with Crippen LogP contribution < -0.4 is 5.73 Å². The minimum Gasteiger partial charge on any atom is -0.386 e. The van der Waals surface area contributed by atoms with E-state index in [1.807, 2.05) is 4.90 Å². The number of ether oxygens (including phenoxy) is 2. The third-order valence-corrected chi connectivity index (χ3v) is 4.77. The van der Waals surface area contributed by atoms with Gasteiger partial charge in [-0.15, -0.1) is 0 Å². The zero-order valence-electron chi connectivity index (χ0n) is 13.2. The number of anilines is 1. The van der Waals surface area contributed by atoms with Crippen LogP contribution in [0.4, 0.5) is 5.82 Å². The van der Waals surface area contributed by atoms with Crippen LogP contribution in [0.5, 0.6) is 0 Å². The molecule has 2 aliphatic rings. The minimum absolute atomic E-state index is 0.250. The van der Waals surface area contributed by atoms with Gasteiger partial charge in [0.05, 0.1) is 19.5 Å². The van der Waals surface area contributed by atoms with Crippen molar-refractivity contribution in [3.8, 4) is 0 Å². The highest BCUT2D eigenvalue weighted by atomic mass is 16.6. The van der Waals surface area contributed by atoms with E-state index in [0.717, 1.165) is 0 Å².